The van der Waals surface area contributed by atoms with Crippen molar-refractivity contribution in [2.75, 3.05) is 13.2 Å². The van der Waals surface area contributed by atoms with Gasteiger partial charge in [0.05, 0.1) is 30.5 Å². The Balaban J connectivity index is 1.46. The highest BCUT2D eigenvalue weighted by atomic mass is 19.1. The van der Waals surface area contributed by atoms with Crippen molar-refractivity contribution in [1.82, 2.24) is 14.7 Å². The summed E-state index contributed by atoms with van der Waals surface area (Å²) >= 11 is 0. The van der Waals surface area contributed by atoms with Gasteiger partial charge in [-0.05, 0) is 48.7 Å². The normalized spacial score (nSPS) is 16.2. The van der Waals surface area contributed by atoms with Crippen molar-refractivity contribution in [1.29, 1.82) is 0 Å². The van der Waals surface area contributed by atoms with Gasteiger partial charge in [-0.3, -0.25) is 9.20 Å². The monoisotopic (exact) mass is 493 g/mol. The summed E-state index contributed by atoms with van der Waals surface area (Å²) in [5.41, 5.74) is 1.65. The molecule has 3 N–H and O–H groups in total. The first-order chi connectivity index (χ1) is 17.4. The number of carbonyl (C=O) groups excluding carboxylic acids is 1. The summed E-state index contributed by atoms with van der Waals surface area (Å²) in [5.74, 6) is -1.61. The molecule has 0 saturated heterocycles. The number of nitrogens with zero attached hydrogens (tertiary/aromatic N) is 2. The topological polar surface area (TPSA) is 96.1 Å². The second-order valence-electron chi connectivity index (χ2n) is 9.06. The fourth-order valence-corrected chi connectivity index (χ4v) is 4.93. The maximum absolute atomic E-state index is 14.0. The fraction of sp³-hybridized carbons (Fsp3) is 0.259. The maximum atomic E-state index is 14.0. The van der Waals surface area contributed by atoms with Crippen LogP contribution < -0.4 is 10.1 Å². The van der Waals surface area contributed by atoms with Crippen LogP contribution in [0.3, 0.4) is 0 Å². The summed E-state index contributed by atoms with van der Waals surface area (Å²) in [7, 11) is 0. The van der Waals surface area contributed by atoms with Gasteiger partial charge in [0.25, 0.3) is 5.91 Å². The molecular weight excluding hydrogens is 468 g/mol. The van der Waals surface area contributed by atoms with Gasteiger partial charge in [-0.2, -0.15) is 0 Å². The van der Waals surface area contributed by atoms with Crippen molar-refractivity contribution in [3.63, 3.8) is 0 Å². The molecule has 2 aromatic heterocycles. The summed E-state index contributed by atoms with van der Waals surface area (Å²) in [5, 5.41) is 23.3. The molecule has 1 aliphatic carbocycles. The molecule has 1 atom stereocenters. The van der Waals surface area contributed by atoms with Gasteiger partial charge in [-0.25, -0.2) is 13.8 Å². The number of ether oxygens (including phenoxy) is 1. The fourth-order valence-electron chi connectivity index (χ4n) is 4.93. The van der Waals surface area contributed by atoms with Gasteiger partial charge in [-0.15, -0.1) is 0 Å². The molecule has 1 aliphatic rings. The standard InChI is InChI=1S/C27H25F2N3O4/c1-16-23(26(35)31-24-18-7-3-2-6-17(18)12-27(24,14-33)15-34)32-11-5-10-22(25(32)30-16)36-13-19-20(28)8-4-9-21(19)29/h2-11,24,33-34H,12-15H2,1H3,(H,31,35). The van der Waals surface area contributed by atoms with Crippen molar-refractivity contribution in [2.45, 2.75) is 26.0 Å². The minimum atomic E-state index is -0.939. The second kappa shape index (κ2) is 9.33. The number of fused-ring (bicyclic) bond motifs is 2. The van der Waals surface area contributed by atoms with Gasteiger partial charge in [0.2, 0.25) is 0 Å². The molecule has 0 bridgehead atoms. The number of aliphatic hydroxyl groups is 2. The van der Waals surface area contributed by atoms with Crippen LogP contribution in [-0.2, 0) is 13.0 Å². The van der Waals surface area contributed by atoms with Crippen molar-refractivity contribution in [3.8, 4) is 5.75 Å². The SMILES string of the molecule is Cc1nc2c(OCc3c(F)cccc3F)cccn2c1C(=O)NC1c2ccccc2CC1(CO)CO. The number of aliphatic hydroxyl groups excluding tert-OH is 2. The molecule has 0 fully saturated rings. The largest absolute Gasteiger partial charge is 0.485 e. The highest BCUT2D eigenvalue weighted by molar-refractivity contribution is 5.95. The lowest BCUT2D eigenvalue weighted by atomic mass is 9.82. The zero-order valence-corrected chi connectivity index (χ0v) is 19.5. The lowest BCUT2D eigenvalue weighted by Gasteiger charge is -2.32. The van der Waals surface area contributed by atoms with E-state index in [4.69, 9.17) is 4.74 Å². The van der Waals surface area contributed by atoms with Gasteiger partial charge in [0, 0.05) is 11.6 Å². The van der Waals surface area contributed by atoms with Crippen LogP contribution in [0.25, 0.3) is 5.65 Å². The maximum Gasteiger partial charge on any atom is 0.270 e. The van der Waals surface area contributed by atoms with E-state index in [9.17, 15) is 23.8 Å². The summed E-state index contributed by atoms with van der Waals surface area (Å²) in [6, 6.07) is 13.8. The van der Waals surface area contributed by atoms with Crippen LogP contribution >= 0.6 is 0 Å². The van der Waals surface area contributed by atoms with E-state index >= 15 is 0 Å². The van der Waals surface area contributed by atoms with Crippen LogP contribution in [-0.4, -0.2) is 38.7 Å². The minimum Gasteiger partial charge on any atom is -0.485 e. The quantitative estimate of drug-likeness (QED) is 0.366. The van der Waals surface area contributed by atoms with E-state index in [0.29, 0.717) is 17.8 Å². The Bertz CT molecular complexity index is 1430. The lowest BCUT2D eigenvalue weighted by Crippen LogP contribution is -2.44. The summed E-state index contributed by atoms with van der Waals surface area (Å²) < 4.78 is 35.3. The Morgan fingerprint density at radius 1 is 1.11 bits per heavy atom. The summed E-state index contributed by atoms with van der Waals surface area (Å²) in [6.45, 7) is 0.718. The summed E-state index contributed by atoms with van der Waals surface area (Å²) in [4.78, 5) is 18.0. The number of imidazole rings is 1. The van der Waals surface area contributed by atoms with E-state index in [-0.39, 0.29) is 36.8 Å². The third-order valence-electron chi connectivity index (χ3n) is 6.86. The smallest absolute Gasteiger partial charge is 0.270 e. The van der Waals surface area contributed by atoms with Gasteiger partial charge in [0.1, 0.15) is 23.9 Å². The van der Waals surface area contributed by atoms with Gasteiger partial charge >= 0.3 is 0 Å². The van der Waals surface area contributed by atoms with E-state index in [2.05, 4.69) is 10.3 Å². The predicted molar refractivity (Wildman–Crippen MR) is 128 cm³/mol. The third kappa shape index (κ3) is 3.90. The number of amides is 1. The highest BCUT2D eigenvalue weighted by Gasteiger charge is 2.46. The van der Waals surface area contributed by atoms with Crippen LogP contribution in [0.1, 0.15) is 38.9 Å². The Morgan fingerprint density at radius 3 is 2.56 bits per heavy atom. The van der Waals surface area contributed by atoms with Crippen LogP contribution in [0.4, 0.5) is 8.78 Å². The number of rotatable bonds is 7. The first-order valence-corrected chi connectivity index (χ1v) is 11.5. The number of carbonyl (C=O) groups is 1. The molecule has 9 heteroatoms. The van der Waals surface area contributed by atoms with Crippen molar-refractivity contribution < 1.29 is 28.5 Å². The number of aromatic nitrogens is 2. The average molecular weight is 494 g/mol. The molecule has 36 heavy (non-hydrogen) atoms. The molecule has 0 radical (unpaired) electrons. The van der Waals surface area contributed by atoms with Crippen LogP contribution in [0, 0.1) is 24.0 Å². The van der Waals surface area contributed by atoms with Gasteiger partial charge < -0.3 is 20.3 Å². The molecule has 1 unspecified atom stereocenters. The number of pyridine rings is 1. The van der Waals surface area contributed by atoms with E-state index in [1.54, 1.807) is 29.7 Å². The molecule has 0 saturated carbocycles. The first-order valence-electron chi connectivity index (χ1n) is 11.5. The van der Waals surface area contributed by atoms with E-state index in [0.717, 1.165) is 23.3 Å². The molecule has 2 heterocycles. The molecule has 0 spiro atoms. The van der Waals surface area contributed by atoms with Crippen LogP contribution in [0.15, 0.2) is 60.8 Å². The van der Waals surface area contributed by atoms with Crippen LogP contribution in [0.2, 0.25) is 0 Å². The Hall–Kier alpha value is -3.82. The molecule has 186 valence electrons. The molecule has 4 aromatic rings. The summed E-state index contributed by atoms with van der Waals surface area (Å²) in [6.07, 6.45) is 2.08. The van der Waals surface area contributed by atoms with Gasteiger partial charge in [0.15, 0.2) is 11.4 Å². The predicted octanol–water partition coefficient (Wildman–Crippen LogP) is 3.50. The number of aryl methyl sites for hydroxylation is 1. The number of hydrogen-bond donors (Lipinski definition) is 3. The Morgan fingerprint density at radius 2 is 1.83 bits per heavy atom. The first kappa shape index (κ1) is 23.9. The average Bonchev–Trinajstić information content (AvgIpc) is 3.38. The molecule has 2 aromatic carbocycles. The molecule has 0 aliphatic heterocycles. The Labute approximate surface area is 206 Å². The highest BCUT2D eigenvalue weighted by Crippen LogP contribution is 2.45. The van der Waals surface area contributed by atoms with Crippen molar-refractivity contribution in [3.05, 3.63) is 101 Å². The second-order valence-corrected chi connectivity index (χ2v) is 9.06. The van der Waals surface area contributed by atoms with E-state index in [1.165, 1.54) is 6.07 Å². The molecule has 7 nitrogen and oxygen atoms in total. The molecule has 5 rings (SSSR count). The zero-order chi connectivity index (χ0) is 25.4. The number of nitrogens with one attached hydrogen (secondary N) is 1. The van der Waals surface area contributed by atoms with Gasteiger partial charge in [-0.1, -0.05) is 30.3 Å². The Kier molecular flexibility index (Phi) is 6.19. The van der Waals surface area contributed by atoms with E-state index in [1.807, 2.05) is 24.3 Å². The third-order valence-corrected chi connectivity index (χ3v) is 6.86. The lowest BCUT2D eigenvalue weighted by molar-refractivity contribution is 0.0300. The van der Waals surface area contributed by atoms with Crippen LogP contribution in [0.5, 0.6) is 5.75 Å². The molecule has 1 amide bonds. The minimum absolute atomic E-state index is 0.204. The number of hydrogen-bond acceptors (Lipinski definition) is 5. The number of halogens is 2. The van der Waals surface area contributed by atoms with Crippen molar-refractivity contribution in [2.24, 2.45) is 5.41 Å². The molecular formula is C27H25F2N3O4. The van der Waals surface area contributed by atoms with E-state index < -0.39 is 29.0 Å². The number of benzene rings is 2. The zero-order valence-electron chi connectivity index (χ0n) is 19.5. The van der Waals surface area contributed by atoms with Crippen molar-refractivity contribution >= 4 is 11.6 Å².